The molecule has 2 heterocycles. The largest absolute Gasteiger partial charge is 0.306 e. The Morgan fingerprint density at radius 3 is 2.67 bits per heavy atom. The fourth-order valence-corrected chi connectivity index (χ4v) is 2.24. The van der Waals surface area contributed by atoms with Crippen molar-refractivity contribution in [1.29, 1.82) is 0 Å². The first kappa shape index (κ1) is 10.4. The van der Waals surface area contributed by atoms with Crippen molar-refractivity contribution >= 4 is 11.8 Å². The number of hydrogen-bond donors (Lipinski definition) is 0. The highest BCUT2D eigenvalue weighted by atomic mass is 16.2. The molecule has 4 heteroatoms. The molecule has 0 spiro atoms. The first-order valence-corrected chi connectivity index (χ1v) is 5.30. The van der Waals surface area contributed by atoms with Gasteiger partial charge in [0.15, 0.2) is 0 Å². The minimum absolute atomic E-state index is 0.116. The van der Waals surface area contributed by atoms with E-state index in [0.717, 1.165) is 19.5 Å². The minimum Gasteiger partial charge on any atom is -0.306 e. The molecule has 0 N–H and O–H groups in total. The number of carbonyl (C=O) groups is 2. The van der Waals surface area contributed by atoms with E-state index in [9.17, 15) is 9.59 Å². The number of rotatable bonds is 2. The van der Waals surface area contributed by atoms with Gasteiger partial charge in [-0.15, -0.1) is 0 Å². The maximum atomic E-state index is 11.6. The number of nitrogens with zero attached hydrogens (tertiary/aromatic N) is 2. The molecule has 2 amide bonds. The van der Waals surface area contributed by atoms with Crippen LogP contribution < -0.4 is 0 Å². The van der Waals surface area contributed by atoms with Gasteiger partial charge in [0, 0.05) is 24.7 Å². The fourth-order valence-electron chi connectivity index (χ4n) is 2.24. The summed E-state index contributed by atoms with van der Waals surface area (Å²) >= 11 is 0. The first-order valence-electron chi connectivity index (χ1n) is 5.30. The van der Waals surface area contributed by atoms with Gasteiger partial charge in [-0.3, -0.25) is 14.5 Å². The highest BCUT2D eigenvalue weighted by Crippen LogP contribution is 2.19. The average Bonchev–Trinajstić information content (AvgIpc) is 2.67. The van der Waals surface area contributed by atoms with Gasteiger partial charge in [0.2, 0.25) is 0 Å². The molecular formula is C11H16N2O2. The zero-order chi connectivity index (χ0) is 11.0. The molecule has 1 unspecified atom stereocenters. The van der Waals surface area contributed by atoms with E-state index < -0.39 is 0 Å². The standard InChI is InChI=1S/C11H16N2O2/c1-8-5-10(14)13(11(8)15)7-9-3-4-12(2)6-9/h5,9H,3-4,6-7H2,1-2H3. The third kappa shape index (κ3) is 1.95. The maximum absolute atomic E-state index is 11.6. The lowest BCUT2D eigenvalue weighted by Gasteiger charge is -2.18. The highest BCUT2D eigenvalue weighted by molar-refractivity contribution is 6.15. The first-order chi connectivity index (χ1) is 7.08. The predicted molar refractivity (Wildman–Crippen MR) is 56.1 cm³/mol. The summed E-state index contributed by atoms with van der Waals surface area (Å²) in [5, 5.41) is 0. The molecule has 4 nitrogen and oxygen atoms in total. The van der Waals surface area contributed by atoms with Crippen molar-refractivity contribution in [3.63, 3.8) is 0 Å². The van der Waals surface area contributed by atoms with Gasteiger partial charge >= 0.3 is 0 Å². The predicted octanol–water partition coefficient (Wildman–Crippen LogP) is 0.253. The summed E-state index contributed by atoms with van der Waals surface area (Å²) in [4.78, 5) is 26.7. The normalized spacial score (nSPS) is 27.7. The molecule has 0 radical (unpaired) electrons. The molecule has 15 heavy (non-hydrogen) atoms. The second-order valence-corrected chi connectivity index (χ2v) is 4.50. The quantitative estimate of drug-likeness (QED) is 0.611. The van der Waals surface area contributed by atoms with Crippen LogP contribution in [0.4, 0.5) is 0 Å². The number of carbonyl (C=O) groups excluding carboxylic acids is 2. The molecule has 82 valence electrons. The van der Waals surface area contributed by atoms with E-state index in [2.05, 4.69) is 11.9 Å². The van der Waals surface area contributed by atoms with Gasteiger partial charge in [-0.05, 0) is 32.9 Å². The summed E-state index contributed by atoms with van der Waals surface area (Å²) in [6, 6.07) is 0. The van der Waals surface area contributed by atoms with E-state index in [1.165, 1.54) is 11.0 Å². The van der Waals surface area contributed by atoms with Crippen LogP contribution in [0.25, 0.3) is 0 Å². The van der Waals surface area contributed by atoms with E-state index in [1.54, 1.807) is 6.92 Å². The van der Waals surface area contributed by atoms with Crippen LogP contribution in [0.15, 0.2) is 11.6 Å². The van der Waals surface area contributed by atoms with Crippen molar-refractivity contribution in [3.05, 3.63) is 11.6 Å². The van der Waals surface area contributed by atoms with Gasteiger partial charge in [0.25, 0.3) is 11.8 Å². The van der Waals surface area contributed by atoms with Crippen molar-refractivity contribution in [1.82, 2.24) is 9.80 Å². The van der Waals surface area contributed by atoms with Crippen molar-refractivity contribution in [2.75, 3.05) is 26.7 Å². The summed E-state index contributed by atoms with van der Waals surface area (Å²) in [6.45, 7) is 4.32. The molecule has 2 rings (SSSR count). The Bertz CT molecular complexity index is 335. The Morgan fingerprint density at radius 2 is 2.20 bits per heavy atom. The lowest BCUT2D eigenvalue weighted by molar-refractivity contribution is -0.137. The highest BCUT2D eigenvalue weighted by Gasteiger charge is 2.32. The summed E-state index contributed by atoms with van der Waals surface area (Å²) in [5.74, 6) is 0.184. The van der Waals surface area contributed by atoms with Crippen LogP contribution in [0.1, 0.15) is 13.3 Å². The summed E-state index contributed by atoms with van der Waals surface area (Å²) < 4.78 is 0. The molecule has 2 aliphatic heterocycles. The zero-order valence-electron chi connectivity index (χ0n) is 9.19. The number of amides is 2. The molecule has 0 saturated carbocycles. The van der Waals surface area contributed by atoms with Gasteiger partial charge in [-0.1, -0.05) is 0 Å². The monoisotopic (exact) mass is 208 g/mol. The second-order valence-electron chi connectivity index (χ2n) is 4.50. The third-order valence-electron chi connectivity index (χ3n) is 3.12. The molecule has 0 aromatic carbocycles. The fraction of sp³-hybridized carbons (Fsp3) is 0.636. The van der Waals surface area contributed by atoms with E-state index in [4.69, 9.17) is 0 Å². The van der Waals surface area contributed by atoms with E-state index in [1.807, 2.05) is 0 Å². The smallest absolute Gasteiger partial charge is 0.256 e. The van der Waals surface area contributed by atoms with Crippen LogP contribution in [-0.2, 0) is 9.59 Å². The number of hydrogen-bond acceptors (Lipinski definition) is 3. The van der Waals surface area contributed by atoms with Crippen molar-refractivity contribution in [2.24, 2.45) is 5.92 Å². The molecule has 2 aliphatic rings. The van der Waals surface area contributed by atoms with Crippen molar-refractivity contribution in [2.45, 2.75) is 13.3 Å². The van der Waals surface area contributed by atoms with Crippen molar-refractivity contribution < 1.29 is 9.59 Å². The van der Waals surface area contributed by atoms with Gasteiger partial charge in [0.05, 0.1) is 0 Å². The summed E-state index contributed by atoms with van der Waals surface area (Å²) in [6.07, 6.45) is 2.51. The molecule has 1 atom stereocenters. The third-order valence-corrected chi connectivity index (χ3v) is 3.12. The van der Waals surface area contributed by atoms with Gasteiger partial charge in [-0.2, -0.15) is 0 Å². The molecule has 0 aromatic rings. The Morgan fingerprint density at radius 1 is 1.47 bits per heavy atom. The minimum atomic E-state index is -0.146. The Balaban J connectivity index is 1.96. The Labute approximate surface area is 89.5 Å². The molecule has 0 aliphatic carbocycles. The van der Waals surface area contributed by atoms with Crippen LogP contribution in [0.3, 0.4) is 0 Å². The van der Waals surface area contributed by atoms with E-state index in [0.29, 0.717) is 18.0 Å². The molecule has 1 fully saturated rings. The van der Waals surface area contributed by atoms with Crippen molar-refractivity contribution in [3.8, 4) is 0 Å². The topological polar surface area (TPSA) is 40.6 Å². The molecule has 0 aromatic heterocycles. The van der Waals surface area contributed by atoms with Crippen LogP contribution >= 0.6 is 0 Å². The average molecular weight is 208 g/mol. The van der Waals surface area contributed by atoms with Crippen LogP contribution in [0.5, 0.6) is 0 Å². The van der Waals surface area contributed by atoms with Crippen LogP contribution in [0, 0.1) is 5.92 Å². The van der Waals surface area contributed by atoms with Gasteiger partial charge < -0.3 is 4.90 Å². The molecular weight excluding hydrogens is 192 g/mol. The molecule has 0 bridgehead atoms. The van der Waals surface area contributed by atoms with E-state index >= 15 is 0 Å². The van der Waals surface area contributed by atoms with Crippen LogP contribution in [0.2, 0.25) is 0 Å². The Kier molecular flexibility index (Phi) is 2.61. The SMILES string of the molecule is CC1=CC(=O)N(CC2CCN(C)C2)C1=O. The maximum Gasteiger partial charge on any atom is 0.256 e. The van der Waals surface area contributed by atoms with Gasteiger partial charge in [0.1, 0.15) is 0 Å². The number of likely N-dealkylation sites (tertiary alicyclic amines) is 1. The number of imide groups is 1. The second kappa shape index (κ2) is 3.77. The van der Waals surface area contributed by atoms with Crippen LogP contribution in [-0.4, -0.2) is 48.3 Å². The zero-order valence-corrected chi connectivity index (χ0v) is 9.19. The Hall–Kier alpha value is -1.16. The lowest BCUT2D eigenvalue weighted by atomic mass is 10.1. The molecule has 1 saturated heterocycles. The summed E-state index contributed by atoms with van der Waals surface area (Å²) in [7, 11) is 2.07. The lowest BCUT2D eigenvalue weighted by Crippen LogP contribution is -2.36. The van der Waals surface area contributed by atoms with Gasteiger partial charge in [-0.25, -0.2) is 0 Å². The summed E-state index contributed by atoms with van der Waals surface area (Å²) in [5.41, 5.74) is 0.561. The van der Waals surface area contributed by atoms with E-state index in [-0.39, 0.29) is 11.8 Å².